The maximum absolute atomic E-state index is 3.61. The molecule has 0 fully saturated rings. The first-order valence-electron chi connectivity index (χ1n) is 11.3. The molecule has 0 saturated heterocycles. The maximum atomic E-state index is 3.61. The van der Waals surface area contributed by atoms with E-state index in [9.17, 15) is 0 Å². The molecule has 2 aromatic carbocycles. The molecular formula is C27H38Sn. The average molecular weight is 481 g/mol. The van der Waals surface area contributed by atoms with Crippen LogP contribution in [0.25, 0.3) is 0 Å². The van der Waals surface area contributed by atoms with Gasteiger partial charge in [0.15, 0.2) is 0 Å². The van der Waals surface area contributed by atoms with Gasteiger partial charge in [-0.1, -0.05) is 0 Å². The Kier molecular flexibility index (Phi) is 10.2. The Balaban J connectivity index is 2.52. The number of benzene rings is 2. The molecule has 1 heteroatoms. The minimum atomic E-state index is -2.47. The summed E-state index contributed by atoms with van der Waals surface area (Å²) in [4.78, 5) is 0. The van der Waals surface area contributed by atoms with Gasteiger partial charge >= 0.3 is 179 Å². The van der Waals surface area contributed by atoms with E-state index in [0.29, 0.717) is 0 Å². The summed E-state index contributed by atoms with van der Waals surface area (Å²) in [5, 5.41) is 0. The van der Waals surface area contributed by atoms with Gasteiger partial charge in [0.25, 0.3) is 0 Å². The topological polar surface area (TPSA) is 0 Å². The van der Waals surface area contributed by atoms with Crippen LogP contribution in [-0.4, -0.2) is 18.4 Å². The number of rotatable bonds is 10. The van der Waals surface area contributed by atoms with Gasteiger partial charge in [0.05, 0.1) is 0 Å². The van der Waals surface area contributed by atoms with Gasteiger partial charge in [-0.25, -0.2) is 0 Å². The summed E-state index contributed by atoms with van der Waals surface area (Å²) >= 11 is -2.47. The van der Waals surface area contributed by atoms with Crippen LogP contribution in [0.1, 0.15) is 76.0 Å². The van der Waals surface area contributed by atoms with E-state index in [2.05, 4.69) is 88.1 Å². The molecule has 0 spiro atoms. The third-order valence-electron chi connectivity index (χ3n) is 5.89. The van der Waals surface area contributed by atoms with Crippen molar-refractivity contribution in [1.29, 1.82) is 0 Å². The van der Waals surface area contributed by atoms with Gasteiger partial charge in [-0.05, 0) is 0 Å². The van der Waals surface area contributed by atoms with Gasteiger partial charge in [0.2, 0.25) is 0 Å². The Labute approximate surface area is 178 Å². The Bertz CT molecular complexity index is 742. The molecule has 0 radical (unpaired) electrons. The van der Waals surface area contributed by atoms with Crippen LogP contribution in [0.5, 0.6) is 0 Å². The van der Waals surface area contributed by atoms with Gasteiger partial charge in [-0.2, -0.15) is 0 Å². The first-order chi connectivity index (χ1) is 13.6. The third-order valence-corrected chi connectivity index (χ3v) is 21.6. The van der Waals surface area contributed by atoms with E-state index in [1.807, 2.05) is 0 Å². The molecule has 0 atom stereocenters. The molecule has 0 aliphatic rings. The van der Waals surface area contributed by atoms with Crippen molar-refractivity contribution < 1.29 is 0 Å². The fourth-order valence-electron chi connectivity index (χ4n) is 4.21. The summed E-state index contributed by atoms with van der Waals surface area (Å²) < 4.78 is 6.19. The van der Waals surface area contributed by atoms with E-state index < -0.39 is 18.4 Å². The molecule has 0 heterocycles. The van der Waals surface area contributed by atoms with Crippen molar-refractivity contribution in [3.63, 3.8) is 0 Å². The minimum absolute atomic E-state index is 1.12. The summed E-state index contributed by atoms with van der Waals surface area (Å²) in [6, 6.07) is 17.6. The van der Waals surface area contributed by atoms with Crippen molar-refractivity contribution in [2.75, 3.05) is 0 Å². The molecule has 0 unspecified atom stereocenters. The van der Waals surface area contributed by atoms with Crippen molar-refractivity contribution in [2.45, 2.75) is 79.5 Å². The average Bonchev–Trinajstić information content (AvgIpc) is 2.73. The van der Waals surface area contributed by atoms with Crippen molar-refractivity contribution in [3.8, 4) is 11.8 Å². The van der Waals surface area contributed by atoms with E-state index in [1.54, 1.807) is 3.58 Å². The van der Waals surface area contributed by atoms with Gasteiger partial charge in [-0.3, -0.25) is 0 Å². The van der Waals surface area contributed by atoms with E-state index in [1.165, 1.54) is 63.0 Å². The van der Waals surface area contributed by atoms with Crippen molar-refractivity contribution in [2.24, 2.45) is 0 Å². The normalized spacial score (nSPS) is 11.1. The molecule has 0 amide bonds. The first kappa shape index (κ1) is 23.1. The van der Waals surface area contributed by atoms with Gasteiger partial charge in [-0.15, -0.1) is 0 Å². The SMILES string of the molecule is CCC[CH2][Sn]([CH2]CCC)([CH2]CCC)[c]1ccc(C)cc1C#Cc1ccccc1. The monoisotopic (exact) mass is 482 g/mol. The van der Waals surface area contributed by atoms with E-state index in [0.717, 1.165) is 5.56 Å². The Morgan fingerprint density at radius 2 is 1.29 bits per heavy atom. The fraction of sp³-hybridized carbons (Fsp3) is 0.481. The van der Waals surface area contributed by atoms with Gasteiger partial charge in [0.1, 0.15) is 0 Å². The second kappa shape index (κ2) is 12.4. The summed E-state index contributed by atoms with van der Waals surface area (Å²) in [5.74, 6) is 7.06. The number of hydrogen-bond donors (Lipinski definition) is 0. The van der Waals surface area contributed by atoms with Gasteiger partial charge < -0.3 is 0 Å². The van der Waals surface area contributed by atoms with E-state index in [-0.39, 0.29) is 0 Å². The zero-order valence-corrected chi connectivity index (χ0v) is 21.3. The van der Waals surface area contributed by atoms with Gasteiger partial charge in [0, 0.05) is 0 Å². The summed E-state index contributed by atoms with van der Waals surface area (Å²) in [7, 11) is 0. The fourth-order valence-corrected chi connectivity index (χ4v) is 20.7. The quantitative estimate of drug-likeness (QED) is 0.244. The number of unbranched alkanes of at least 4 members (excludes halogenated alkanes) is 3. The molecule has 0 N–H and O–H groups in total. The molecule has 150 valence electrons. The van der Waals surface area contributed by atoms with Crippen molar-refractivity contribution in [3.05, 3.63) is 65.2 Å². The molecule has 2 aromatic rings. The second-order valence-electron chi connectivity index (χ2n) is 8.26. The van der Waals surface area contributed by atoms with E-state index in [4.69, 9.17) is 0 Å². The number of hydrogen-bond acceptors (Lipinski definition) is 0. The molecular weight excluding hydrogens is 443 g/mol. The van der Waals surface area contributed by atoms with Crippen LogP contribution in [0, 0.1) is 18.8 Å². The van der Waals surface area contributed by atoms with Crippen LogP contribution in [0.2, 0.25) is 13.3 Å². The molecule has 0 bridgehead atoms. The Morgan fingerprint density at radius 1 is 0.714 bits per heavy atom. The van der Waals surface area contributed by atoms with Crippen LogP contribution in [0.15, 0.2) is 48.5 Å². The van der Waals surface area contributed by atoms with Crippen LogP contribution < -0.4 is 3.58 Å². The molecule has 2 rings (SSSR count). The second-order valence-corrected chi connectivity index (χ2v) is 21.4. The Hall–Kier alpha value is -1.20. The van der Waals surface area contributed by atoms with Crippen molar-refractivity contribution >= 4 is 22.0 Å². The Morgan fingerprint density at radius 3 is 1.82 bits per heavy atom. The van der Waals surface area contributed by atoms with Crippen LogP contribution >= 0.6 is 0 Å². The number of aryl methyl sites for hydroxylation is 1. The van der Waals surface area contributed by atoms with Crippen LogP contribution in [0.3, 0.4) is 0 Å². The first-order valence-corrected chi connectivity index (χ1v) is 18.8. The van der Waals surface area contributed by atoms with Crippen molar-refractivity contribution in [1.82, 2.24) is 0 Å². The van der Waals surface area contributed by atoms with Crippen LogP contribution in [0.4, 0.5) is 0 Å². The predicted molar refractivity (Wildman–Crippen MR) is 128 cm³/mol. The summed E-state index contributed by atoms with van der Waals surface area (Å²) in [6.07, 6.45) is 8.12. The standard InChI is InChI=1S/C15H11.3C4H9.Sn/c1-13-6-5-9-15(12-13)11-10-14-7-3-2-4-8-14;3*1-3-4-2;/h2-8,12H,1H3;3*1,3-4H2,2H3;. The molecule has 0 saturated carbocycles. The van der Waals surface area contributed by atoms with E-state index >= 15 is 0 Å². The summed E-state index contributed by atoms with van der Waals surface area (Å²) in [6.45, 7) is 9.25. The predicted octanol–water partition coefficient (Wildman–Crippen LogP) is 7.45. The molecule has 0 aliphatic carbocycles. The zero-order valence-electron chi connectivity index (χ0n) is 18.5. The third kappa shape index (κ3) is 6.70. The van der Waals surface area contributed by atoms with Crippen LogP contribution in [-0.2, 0) is 0 Å². The molecule has 0 nitrogen and oxygen atoms in total. The molecule has 0 aromatic heterocycles. The zero-order chi connectivity index (χ0) is 20.2. The molecule has 28 heavy (non-hydrogen) atoms. The molecule has 0 aliphatic heterocycles. The summed E-state index contributed by atoms with van der Waals surface area (Å²) in [5.41, 5.74) is 3.79.